The zero-order chi connectivity index (χ0) is 38.2. The lowest BCUT2D eigenvalue weighted by molar-refractivity contribution is 0.461. The summed E-state index contributed by atoms with van der Waals surface area (Å²) in [5.74, 6) is 1.19. The van der Waals surface area contributed by atoms with E-state index in [0.717, 1.165) is 77.9 Å². The molecule has 0 spiro atoms. The Bertz CT molecular complexity index is 2020. The summed E-state index contributed by atoms with van der Waals surface area (Å²) in [5.41, 5.74) is 12.0. The highest BCUT2D eigenvalue weighted by Gasteiger charge is 2.28. The summed E-state index contributed by atoms with van der Waals surface area (Å²) in [6.45, 7) is 12.1. The molecule has 0 saturated heterocycles. The van der Waals surface area contributed by atoms with Crippen LogP contribution in [0.1, 0.15) is 91.7 Å². The van der Waals surface area contributed by atoms with E-state index in [4.69, 9.17) is 0 Å². The normalized spacial score (nSPS) is 11.6. The van der Waals surface area contributed by atoms with Crippen molar-refractivity contribution in [3.05, 3.63) is 175 Å². The molecular formula is C47H48O6. The quantitative estimate of drug-likeness (QED) is 0.0843. The van der Waals surface area contributed by atoms with Crippen molar-refractivity contribution in [3.8, 4) is 34.5 Å². The third-order valence-electron chi connectivity index (χ3n) is 10.8. The van der Waals surface area contributed by atoms with Gasteiger partial charge in [-0.1, -0.05) is 62.4 Å². The zero-order valence-electron chi connectivity index (χ0n) is 31.2. The molecule has 6 N–H and O–H groups in total. The Morgan fingerprint density at radius 1 is 0.340 bits per heavy atom. The Morgan fingerprint density at radius 2 is 0.566 bits per heavy atom. The van der Waals surface area contributed by atoms with Gasteiger partial charge in [0.25, 0.3) is 0 Å². The zero-order valence-corrected chi connectivity index (χ0v) is 31.2. The number of aromatic hydroxyl groups is 6. The van der Waals surface area contributed by atoms with E-state index in [9.17, 15) is 30.6 Å². The molecule has 53 heavy (non-hydrogen) atoms. The van der Waals surface area contributed by atoms with Crippen LogP contribution in [-0.2, 0) is 31.1 Å². The minimum absolute atomic E-state index is 0.192. The monoisotopic (exact) mass is 708 g/mol. The van der Waals surface area contributed by atoms with Crippen LogP contribution in [-0.4, -0.2) is 30.6 Å². The number of phenols is 6. The summed E-state index contributed by atoms with van der Waals surface area (Å²) in [5, 5.41) is 64.0. The van der Waals surface area contributed by atoms with E-state index >= 15 is 0 Å². The van der Waals surface area contributed by atoms with Crippen LogP contribution in [0.3, 0.4) is 0 Å². The third kappa shape index (κ3) is 7.97. The van der Waals surface area contributed by atoms with Crippen molar-refractivity contribution in [1.82, 2.24) is 0 Å². The summed E-state index contributed by atoms with van der Waals surface area (Å²) in [4.78, 5) is 0. The molecule has 0 aliphatic heterocycles. The van der Waals surface area contributed by atoms with Crippen LogP contribution in [0, 0.1) is 27.7 Å². The van der Waals surface area contributed by atoms with Gasteiger partial charge in [-0.15, -0.1) is 0 Å². The summed E-state index contributed by atoms with van der Waals surface area (Å²) < 4.78 is 0. The lowest BCUT2D eigenvalue weighted by Gasteiger charge is -2.30. The van der Waals surface area contributed by atoms with Gasteiger partial charge in [-0.2, -0.15) is 0 Å². The minimum atomic E-state index is -0.601. The van der Waals surface area contributed by atoms with Crippen LogP contribution in [0.4, 0.5) is 0 Å². The summed E-state index contributed by atoms with van der Waals surface area (Å²) in [7, 11) is 0. The average molecular weight is 709 g/mol. The fourth-order valence-corrected chi connectivity index (χ4v) is 7.28. The second-order valence-electron chi connectivity index (χ2n) is 15.1. The summed E-state index contributed by atoms with van der Waals surface area (Å²) in [6, 6.07) is 29.4. The maximum atomic E-state index is 11.8. The lowest BCUT2D eigenvalue weighted by Crippen LogP contribution is -2.21. The highest BCUT2D eigenvalue weighted by molar-refractivity contribution is 5.57. The van der Waals surface area contributed by atoms with Crippen molar-refractivity contribution in [1.29, 1.82) is 0 Å². The predicted molar refractivity (Wildman–Crippen MR) is 211 cm³/mol. The lowest BCUT2D eigenvalue weighted by atomic mass is 9.74. The molecule has 6 nitrogen and oxygen atoms in total. The molecule has 0 radical (unpaired) electrons. The van der Waals surface area contributed by atoms with Gasteiger partial charge in [0.2, 0.25) is 0 Å². The molecule has 0 saturated carbocycles. The fourth-order valence-electron chi connectivity index (χ4n) is 7.28. The van der Waals surface area contributed by atoms with E-state index < -0.39 is 5.41 Å². The number of benzene rings is 6. The van der Waals surface area contributed by atoms with Crippen molar-refractivity contribution < 1.29 is 30.6 Å². The topological polar surface area (TPSA) is 121 Å². The Balaban J connectivity index is 1.52. The van der Waals surface area contributed by atoms with Gasteiger partial charge in [0.05, 0.1) is 0 Å². The van der Waals surface area contributed by atoms with E-state index in [1.165, 1.54) is 0 Å². The van der Waals surface area contributed by atoms with Crippen LogP contribution < -0.4 is 0 Å². The van der Waals surface area contributed by atoms with Crippen molar-refractivity contribution in [2.75, 3.05) is 0 Å². The van der Waals surface area contributed by atoms with Crippen LogP contribution >= 0.6 is 0 Å². The molecule has 0 fully saturated rings. The summed E-state index contributed by atoms with van der Waals surface area (Å²) >= 11 is 0. The molecular weight excluding hydrogens is 661 g/mol. The second-order valence-corrected chi connectivity index (χ2v) is 15.1. The van der Waals surface area contributed by atoms with E-state index in [0.29, 0.717) is 25.7 Å². The van der Waals surface area contributed by atoms with Crippen LogP contribution in [0.25, 0.3) is 0 Å². The molecule has 6 rings (SSSR count). The highest BCUT2D eigenvalue weighted by Crippen LogP contribution is 2.41. The number of hydrogen-bond acceptors (Lipinski definition) is 6. The van der Waals surface area contributed by atoms with Crippen molar-refractivity contribution >= 4 is 0 Å². The second kappa shape index (κ2) is 14.6. The maximum absolute atomic E-state index is 11.8. The third-order valence-corrected chi connectivity index (χ3v) is 10.8. The number of hydrogen-bond donors (Lipinski definition) is 6. The van der Waals surface area contributed by atoms with Crippen LogP contribution in [0.15, 0.2) is 97.1 Å². The predicted octanol–water partition coefficient (Wildman–Crippen LogP) is 9.84. The van der Waals surface area contributed by atoms with Gasteiger partial charge in [-0.3, -0.25) is 0 Å². The molecule has 0 aromatic heterocycles. The van der Waals surface area contributed by atoms with Gasteiger partial charge in [-0.05, 0) is 154 Å². The van der Waals surface area contributed by atoms with E-state index in [-0.39, 0.29) is 34.5 Å². The smallest absolute Gasteiger partial charge is 0.122 e. The molecule has 0 aliphatic rings. The number of rotatable bonds is 10. The highest BCUT2D eigenvalue weighted by atomic mass is 16.3. The SMILES string of the molecule is Cc1cc(O)ccc1Cc1cc(C(C)(C)c2cc(Cc3ccc(O)cc3C)c(O)c(Cc3ccc(O)cc3C)c2)cc(Cc2ccc(O)cc2C)c1O. The molecule has 0 unspecified atom stereocenters. The Morgan fingerprint density at radius 3 is 0.774 bits per heavy atom. The number of aryl methyl sites for hydroxylation is 4. The average Bonchev–Trinajstić information content (AvgIpc) is 3.09. The van der Waals surface area contributed by atoms with E-state index in [2.05, 4.69) is 38.1 Å². The first-order valence-corrected chi connectivity index (χ1v) is 17.9. The van der Waals surface area contributed by atoms with E-state index in [1.807, 2.05) is 52.0 Å². The van der Waals surface area contributed by atoms with Gasteiger partial charge >= 0.3 is 0 Å². The minimum Gasteiger partial charge on any atom is -0.508 e. The van der Waals surface area contributed by atoms with Gasteiger partial charge in [0, 0.05) is 31.1 Å². The molecule has 0 bridgehead atoms. The molecule has 6 heteroatoms. The molecule has 0 atom stereocenters. The van der Waals surface area contributed by atoms with Crippen LogP contribution in [0.5, 0.6) is 34.5 Å². The first-order chi connectivity index (χ1) is 25.1. The maximum Gasteiger partial charge on any atom is 0.122 e. The van der Waals surface area contributed by atoms with Crippen molar-refractivity contribution in [2.45, 2.75) is 72.6 Å². The van der Waals surface area contributed by atoms with Crippen LogP contribution in [0.2, 0.25) is 0 Å². The van der Waals surface area contributed by atoms with Gasteiger partial charge in [0.15, 0.2) is 0 Å². The fraction of sp³-hybridized carbons (Fsp3) is 0.234. The molecule has 6 aromatic rings. The van der Waals surface area contributed by atoms with Crippen molar-refractivity contribution in [2.24, 2.45) is 0 Å². The molecule has 0 amide bonds. The first-order valence-electron chi connectivity index (χ1n) is 17.9. The summed E-state index contributed by atoms with van der Waals surface area (Å²) in [6.07, 6.45) is 1.82. The largest absolute Gasteiger partial charge is 0.508 e. The van der Waals surface area contributed by atoms with Crippen molar-refractivity contribution in [3.63, 3.8) is 0 Å². The first kappa shape index (κ1) is 36.9. The van der Waals surface area contributed by atoms with Gasteiger partial charge in [-0.25, -0.2) is 0 Å². The number of phenolic OH excluding ortho intramolecular Hbond substituents is 6. The van der Waals surface area contributed by atoms with E-state index in [1.54, 1.807) is 48.5 Å². The molecule has 6 aromatic carbocycles. The molecule has 0 aliphatic carbocycles. The Labute approximate surface area is 311 Å². The Hall–Kier alpha value is -5.88. The van der Waals surface area contributed by atoms with Gasteiger partial charge in [0.1, 0.15) is 34.5 Å². The molecule has 0 heterocycles. The van der Waals surface area contributed by atoms with Gasteiger partial charge < -0.3 is 30.6 Å². The molecule has 272 valence electrons. The standard InChI is InChI=1S/C47H48O6/c1-27-15-41(48)11-7-31(27)19-35-23-39(24-36(45(35)52)20-32-8-12-42(49)16-28(32)2)47(5,6)40-25-37(21-33-9-13-43(50)17-29(33)3)46(53)38(26-40)22-34-10-14-44(51)18-30(34)4/h7-18,23-26,48-53H,19-22H2,1-6H3. The Kier molecular flexibility index (Phi) is 10.2.